The van der Waals surface area contributed by atoms with Crippen molar-refractivity contribution in [2.24, 2.45) is 5.92 Å². The second kappa shape index (κ2) is 6.82. The third kappa shape index (κ3) is 3.81. The van der Waals surface area contributed by atoms with E-state index >= 15 is 0 Å². The Morgan fingerprint density at radius 2 is 1.74 bits per heavy atom. The summed E-state index contributed by atoms with van der Waals surface area (Å²) in [7, 11) is 0. The topological polar surface area (TPSA) is 32.3 Å². The van der Waals surface area contributed by atoms with E-state index in [1.54, 1.807) is 38.1 Å². The summed E-state index contributed by atoms with van der Waals surface area (Å²) in [5, 5.41) is 2.48. The zero-order valence-corrected chi connectivity index (χ0v) is 16.0. The summed E-state index contributed by atoms with van der Waals surface area (Å²) in [6.07, 6.45) is -3.70. The molecule has 146 valence electrons. The number of benzene rings is 2. The molecule has 1 saturated heterocycles. The summed E-state index contributed by atoms with van der Waals surface area (Å²) in [4.78, 5) is 11.9. The standard InChI is InChI=1S/C21H25F3N2O/c1-13(2)11-14-9-10-17(16-8-6-5-7-15(14)16)19(21(22,23)24)26-20(3,4)12-18(27)25-26/h5-10,13,19H,11-12H2,1-4H3,(H,25,27). The number of halogens is 3. The number of nitrogens with zero attached hydrogens (tertiary/aromatic N) is 1. The molecule has 3 rings (SSSR count). The van der Waals surface area contributed by atoms with Gasteiger partial charge in [0, 0.05) is 12.0 Å². The molecular weight excluding hydrogens is 353 g/mol. The number of amides is 1. The summed E-state index contributed by atoms with van der Waals surface area (Å²) < 4.78 is 42.5. The average molecular weight is 378 g/mol. The van der Waals surface area contributed by atoms with E-state index in [4.69, 9.17) is 0 Å². The fraction of sp³-hybridized carbons (Fsp3) is 0.476. The average Bonchev–Trinajstić information content (AvgIpc) is 2.80. The van der Waals surface area contributed by atoms with Gasteiger partial charge >= 0.3 is 6.18 Å². The van der Waals surface area contributed by atoms with Crippen molar-refractivity contribution in [1.29, 1.82) is 0 Å². The van der Waals surface area contributed by atoms with Crippen molar-refractivity contribution in [2.45, 2.75) is 58.3 Å². The molecule has 0 bridgehead atoms. The first-order chi connectivity index (χ1) is 12.5. The molecule has 1 N–H and O–H groups in total. The van der Waals surface area contributed by atoms with E-state index in [2.05, 4.69) is 19.3 Å². The van der Waals surface area contributed by atoms with Crippen molar-refractivity contribution in [3.8, 4) is 0 Å². The lowest BCUT2D eigenvalue weighted by molar-refractivity contribution is -0.203. The van der Waals surface area contributed by atoms with Gasteiger partial charge < -0.3 is 0 Å². The number of rotatable bonds is 4. The Morgan fingerprint density at radius 1 is 1.11 bits per heavy atom. The Labute approximate surface area is 157 Å². The number of hydrogen-bond donors (Lipinski definition) is 1. The van der Waals surface area contributed by atoms with Gasteiger partial charge in [-0.25, -0.2) is 0 Å². The highest BCUT2D eigenvalue weighted by molar-refractivity contribution is 5.89. The van der Waals surface area contributed by atoms with Crippen molar-refractivity contribution in [3.63, 3.8) is 0 Å². The SMILES string of the molecule is CC(C)Cc1ccc(C(N2NC(=O)CC2(C)C)C(F)(F)F)c2ccccc12. The minimum Gasteiger partial charge on any atom is -0.287 e. The van der Waals surface area contributed by atoms with E-state index in [1.165, 1.54) is 0 Å². The van der Waals surface area contributed by atoms with E-state index in [9.17, 15) is 18.0 Å². The van der Waals surface area contributed by atoms with Crippen LogP contribution in [0.5, 0.6) is 0 Å². The predicted molar refractivity (Wildman–Crippen MR) is 100.0 cm³/mol. The van der Waals surface area contributed by atoms with Crippen molar-refractivity contribution < 1.29 is 18.0 Å². The lowest BCUT2D eigenvalue weighted by Crippen LogP contribution is -2.51. The van der Waals surface area contributed by atoms with Crippen LogP contribution in [-0.2, 0) is 11.2 Å². The molecule has 3 nitrogen and oxygen atoms in total. The molecule has 0 radical (unpaired) electrons. The number of hydrogen-bond acceptors (Lipinski definition) is 2. The zero-order chi connectivity index (χ0) is 20.0. The fourth-order valence-electron chi connectivity index (χ4n) is 3.92. The number of alkyl halides is 3. The van der Waals surface area contributed by atoms with Crippen LogP contribution < -0.4 is 5.43 Å². The quantitative estimate of drug-likeness (QED) is 0.797. The molecule has 0 saturated carbocycles. The molecule has 1 aliphatic rings. The molecule has 0 aromatic heterocycles. The number of nitrogens with one attached hydrogen (secondary N) is 1. The van der Waals surface area contributed by atoms with Crippen molar-refractivity contribution >= 4 is 16.7 Å². The summed E-state index contributed by atoms with van der Waals surface area (Å²) in [5.41, 5.74) is 2.70. The summed E-state index contributed by atoms with van der Waals surface area (Å²) in [6.45, 7) is 7.48. The molecule has 0 aliphatic carbocycles. The monoisotopic (exact) mass is 378 g/mol. The van der Waals surface area contributed by atoms with E-state index in [0.29, 0.717) is 11.3 Å². The summed E-state index contributed by atoms with van der Waals surface area (Å²) >= 11 is 0. The molecule has 1 amide bonds. The maximum atomic E-state index is 14.2. The van der Waals surface area contributed by atoms with Crippen LogP contribution in [0.4, 0.5) is 13.2 Å². The largest absolute Gasteiger partial charge is 0.409 e. The molecule has 1 atom stereocenters. The minimum atomic E-state index is -4.53. The Bertz CT molecular complexity index is 858. The molecule has 1 unspecified atom stereocenters. The van der Waals surface area contributed by atoms with Gasteiger partial charge in [-0.2, -0.15) is 18.2 Å². The number of hydrazine groups is 1. The van der Waals surface area contributed by atoms with Gasteiger partial charge in [0.2, 0.25) is 5.91 Å². The highest BCUT2D eigenvalue weighted by Crippen LogP contribution is 2.45. The van der Waals surface area contributed by atoms with Crippen LogP contribution in [-0.4, -0.2) is 22.6 Å². The first-order valence-corrected chi connectivity index (χ1v) is 9.17. The van der Waals surface area contributed by atoms with E-state index in [0.717, 1.165) is 22.4 Å². The van der Waals surface area contributed by atoms with Gasteiger partial charge in [-0.15, -0.1) is 0 Å². The maximum Gasteiger partial charge on any atom is 0.409 e. The smallest absolute Gasteiger partial charge is 0.287 e. The lowest BCUT2D eigenvalue weighted by atomic mass is 9.90. The number of carbonyl (C=O) groups excluding carboxylic acids is 1. The van der Waals surface area contributed by atoms with Crippen LogP contribution in [0.2, 0.25) is 0 Å². The molecule has 6 heteroatoms. The summed E-state index contributed by atoms with van der Waals surface area (Å²) in [5.74, 6) is 0.00413. The second-order valence-electron chi connectivity index (χ2n) is 8.30. The second-order valence-corrected chi connectivity index (χ2v) is 8.30. The Balaban J connectivity index is 2.19. The van der Waals surface area contributed by atoms with Crippen LogP contribution in [0.3, 0.4) is 0 Å². The van der Waals surface area contributed by atoms with E-state index in [1.807, 2.05) is 12.1 Å². The van der Waals surface area contributed by atoms with Gasteiger partial charge in [0.05, 0.1) is 0 Å². The van der Waals surface area contributed by atoms with Gasteiger partial charge in [-0.05, 0) is 48.1 Å². The highest BCUT2D eigenvalue weighted by Gasteiger charge is 2.53. The molecule has 27 heavy (non-hydrogen) atoms. The maximum absolute atomic E-state index is 14.2. The van der Waals surface area contributed by atoms with Gasteiger partial charge in [0.25, 0.3) is 0 Å². The van der Waals surface area contributed by atoms with Gasteiger partial charge in [0.1, 0.15) is 0 Å². The van der Waals surface area contributed by atoms with Crippen LogP contribution in [0.15, 0.2) is 36.4 Å². The van der Waals surface area contributed by atoms with Gasteiger partial charge in [-0.3, -0.25) is 10.2 Å². The fourth-order valence-corrected chi connectivity index (χ4v) is 3.92. The Kier molecular flexibility index (Phi) is 4.97. The third-order valence-corrected chi connectivity index (χ3v) is 5.03. The molecule has 1 aliphatic heterocycles. The molecule has 2 aromatic rings. The van der Waals surface area contributed by atoms with Crippen LogP contribution in [0.25, 0.3) is 10.8 Å². The molecular formula is C21H25F3N2O. The van der Waals surface area contributed by atoms with Gasteiger partial charge in [-0.1, -0.05) is 50.2 Å². The minimum absolute atomic E-state index is 0.0307. The van der Waals surface area contributed by atoms with Crippen LogP contribution in [0, 0.1) is 5.92 Å². The van der Waals surface area contributed by atoms with E-state index in [-0.39, 0.29) is 12.0 Å². The van der Waals surface area contributed by atoms with Crippen LogP contribution in [0.1, 0.15) is 51.3 Å². The molecule has 0 spiro atoms. The lowest BCUT2D eigenvalue weighted by Gasteiger charge is -2.38. The van der Waals surface area contributed by atoms with Crippen molar-refractivity contribution in [2.75, 3.05) is 0 Å². The third-order valence-electron chi connectivity index (χ3n) is 5.03. The Morgan fingerprint density at radius 3 is 2.26 bits per heavy atom. The van der Waals surface area contributed by atoms with Crippen LogP contribution >= 0.6 is 0 Å². The van der Waals surface area contributed by atoms with E-state index < -0.39 is 23.7 Å². The summed E-state index contributed by atoms with van der Waals surface area (Å²) in [6, 6.07) is 8.67. The van der Waals surface area contributed by atoms with Gasteiger partial charge in [0.15, 0.2) is 6.04 Å². The molecule has 1 heterocycles. The van der Waals surface area contributed by atoms with Crippen molar-refractivity contribution in [1.82, 2.24) is 10.4 Å². The molecule has 2 aromatic carbocycles. The first kappa shape index (κ1) is 19.7. The Hall–Kier alpha value is -2.08. The highest BCUT2D eigenvalue weighted by atomic mass is 19.4. The van der Waals surface area contributed by atoms with Crippen molar-refractivity contribution in [3.05, 3.63) is 47.5 Å². The zero-order valence-electron chi connectivity index (χ0n) is 16.0. The normalized spacial score (nSPS) is 18.9. The number of carbonyl (C=O) groups is 1. The number of fused-ring (bicyclic) bond motifs is 1. The predicted octanol–water partition coefficient (Wildman–Crippen LogP) is 5.16. The molecule has 1 fully saturated rings. The first-order valence-electron chi connectivity index (χ1n) is 9.17.